The van der Waals surface area contributed by atoms with Crippen LogP contribution in [0.1, 0.15) is 16.1 Å². The van der Waals surface area contributed by atoms with Crippen molar-refractivity contribution in [1.29, 1.82) is 0 Å². The number of carbonyl (C=O) groups is 1. The molecule has 0 unspecified atom stereocenters. The quantitative estimate of drug-likeness (QED) is 0.747. The summed E-state index contributed by atoms with van der Waals surface area (Å²) >= 11 is 0. The van der Waals surface area contributed by atoms with Crippen LogP contribution in [0.5, 0.6) is 0 Å². The van der Waals surface area contributed by atoms with Crippen molar-refractivity contribution in [3.63, 3.8) is 0 Å². The minimum atomic E-state index is -0.722. The van der Waals surface area contributed by atoms with E-state index in [-0.39, 0.29) is 17.3 Å². The van der Waals surface area contributed by atoms with Crippen molar-refractivity contribution < 1.29 is 13.6 Å². The number of nitrogens with one attached hydrogen (secondary N) is 2. The minimum Gasteiger partial charge on any atom is -0.353 e. The highest BCUT2D eigenvalue weighted by atomic mass is 19.1. The van der Waals surface area contributed by atoms with Crippen molar-refractivity contribution in [3.8, 4) is 0 Å². The summed E-state index contributed by atoms with van der Waals surface area (Å²) in [5.41, 5.74) is 1.66. The number of anilines is 2. The largest absolute Gasteiger partial charge is 0.353 e. The lowest BCUT2D eigenvalue weighted by Gasteiger charge is -2.09. The fourth-order valence-corrected chi connectivity index (χ4v) is 2.15. The summed E-state index contributed by atoms with van der Waals surface area (Å²) < 4.78 is 26.6. The molecule has 25 heavy (non-hydrogen) atoms. The maximum Gasteiger partial charge on any atom is 0.270 e. The Hall–Kier alpha value is -3.35. The van der Waals surface area contributed by atoms with Crippen LogP contribution in [0.15, 0.2) is 61.1 Å². The molecule has 0 saturated heterocycles. The molecule has 5 nitrogen and oxygen atoms in total. The standard InChI is InChI=1S/C18H14F2N4O/c19-13-1-2-16(15(20)9-13)24-14-5-8-22-17(10-14)18(25)23-11-12-3-6-21-7-4-12/h1-10H,11H2,(H,22,24)(H,23,25). The van der Waals surface area contributed by atoms with Crippen LogP contribution in [0.25, 0.3) is 0 Å². The van der Waals surface area contributed by atoms with Crippen LogP contribution in [0, 0.1) is 11.6 Å². The van der Waals surface area contributed by atoms with E-state index in [1.807, 2.05) is 0 Å². The van der Waals surface area contributed by atoms with Crippen LogP contribution in [0.3, 0.4) is 0 Å². The fraction of sp³-hybridized carbons (Fsp3) is 0.0556. The molecule has 7 heteroatoms. The van der Waals surface area contributed by atoms with E-state index in [0.29, 0.717) is 12.2 Å². The van der Waals surface area contributed by atoms with Gasteiger partial charge in [0.15, 0.2) is 0 Å². The van der Waals surface area contributed by atoms with Crippen molar-refractivity contribution in [3.05, 3.63) is 83.9 Å². The lowest BCUT2D eigenvalue weighted by Crippen LogP contribution is -2.23. The second-order valence-corrected chi connectivity index (χ2v) is 5.22. The molecule has 2 aromatic heterocycles. The zero-order chi connectivity index (χ0) is 17.6. The molecule has 0 spiro atoms. The summed E-state index contributed by atoms with van der Waals surface area (Å²) in [5.74, 6) is -1.74. The molecule has 1 amide bonds. The number of aromatic nitrogens is 2. The summed E-state index contributed by atoms with van der Waals surface area (Å²) in [7, 11) is 0. The van der Waals surface area contributed by atoms with Gasteiger partial charge in [-0.2, -0.15) is 0 Å². The number of rotatable bonds is 5. The molecule has 1 aromatic carbocycles. The van der Waals surface area contributed by atoms with Gasteiger partial charge in [-0.05, 0) is 42.0 Å². The van der Waals surface area contributed by atoms with Crippen molar-refractivity contribution in [1.82, 2.24) is 15.3 Å². The average molecular weight is 340 g/mol. The van der Waals surface area contributed by atoms with E-state index < -0.39 is 11.6 Å². The number of nitrogens with zero attached hydrogens (tertiary/aromatic N) is 2. The van der Waals surface area contributed by atoms with Crippen LogP contribution in [-0.2, 0) is 6.54 Å². The first-order valence-electron chi connectivity index (χ1n) is 7.47. The molecule has 3 rings (SSSR count). The normalized spacial score (nSPS) is 10.3. The van der Waals surface area contributed by atoms with E-state index in [0.717, 1.165) is 17.7 Å². The van der Waals surface area contributed by atoms with Crippen LogP contribution >= 0.6 is 0 Å². The second kappa shape index (κ2) is 7.48. The summed E-state index contributed by atoms with van der Waals surface area (Å²) in [4.78, 5) is 20.1. The number of hydrogen-bond acceptors (Lipinski definition) is 4. The lowest BCUT2D eigenvalue weighted by atomic mass is 10.2. The van der Waals surface area contributed by atoms with Gasteiger partial charge in [0.25, 0.3) is 5.91 Å². The fourth-order valence-electron chi connectivity index (χ4n) is 2.15. The van der Waals surface area contributed by atoms with Gasteiger partial charge in [0.2, 0.25) is 0 Å². The van der Waals surface area contributed by atoms with Gasteiger partial charge < -0.3 is 10.6 Å². The third-order valence-corrected chi connectivity index (χ3v) is 3.41. The van der Waals surface area contributed by atoms with E-state index >= 15 is 0 Å². The highest BCUT2D eigenvalue weighted by molar-refractivity contribution is 5.93. The molecular formula is C18H14F2N4O. The highest BCUT2D eigenvalue weighted by Gasteiger charge is 2.09. The van der Waals surface area contributed by atoms with Crippen molar-refractivity contribution in [2.24, 2.45) is 0 Å². The Morgan fingerprint density at radius 1 is 1.00 bits per heavy atom. The van der Waals surface area contributed by atoms with Gasteiger partial charge in [-0.1, -0.05) is 0 Å². The Kier molecular flexibility index (Phi) is 4.94. The van der Waals surface area contributed by atoms with Gasteiger partial charge in [-0.15, -0.1) is 0 Å². The zero-order valence-corrected chi connectivity index (χ0v) is 13.0. The lowest BCUT2D eigenvalue weighted by molar-refractivity contribution is 0.0946. The monoisotopic (exact) mass is 340 g/mol. The van der Waals surface area contributed by atoms with Gasteiger partial charge in [0, 0.05) is 36.9 Å². The average Bonchev–Trinajstić information content (AvgIpc) is 2.63. The SMILES string of the molecule is O=C(NCc1ccncc1)c1cc(Nc2ccc(F)cc2F)ccn1. The number of pyridine rings is 2. The van der Waals surface area contributed by atoms with E-state index in [4.69, 9.17) is 0 Å². The molecule has 0 aliphatic heterocycles. The van der Waals surface area contributed by atoms with Gasteiger partial charge in [0.1, 0.15) is 17.3 Å². The van der Waals surface area contributed by atoms with Gasteiger partial charge >= 0.3 is 0 Å². The maximum absolute atomic E-state index is 13.7. The van der Waals surface area contributed by atoms with Crippen LogP contribution in [0.2, 0.25) is 0 Å². The first kappa shape index (κ1) is 16.5. The maximum atomic E-state index is 13.7. The van der Waals surface area contributed by atoms with Gasteiger partial charge in [-0.3, -0.25) is 14.8 Å². The number of carbonyl (C=O) groups excluding carboxylic acids is 1. The van der Waals surface area contributed by atoms with Gasteiger partial charge in [0.05, 0.1) is 5.69 Å². The molecule has 2 heterocycles. The van der Waals surface area contributed by atoms with Crippen molar-refractivity contribution >= 4 is 17.3 Å². The number of hydrogen-bond donors (Lipinski definition) is 2. The smallest absolute Gasteiger partial charge is 0.270 e. The third kappa shape index (κ3) is 4.35. The topological polar surface area (TPSA) is 66.9 Å². The number of halogens is 2. The highest BCUT2D eigenvalue weighted by Crippen LogP contribution is 2.20. The summed E-state index contributed by atoms with van der Waals surface area (Å²) in [5, 5.41) is 5.54. The Labute approximate surface area is 142 Å². The van der Waals surface area contributed by atoms with Crippen LogP contribution in [-0.4, -0.2) is 15.9 Å². The minimum absolute atomic E-state index is 0.107. The first-order valence-corrected chi connectivity index (χ1v) is 7.47. The summed E-state index contributed by atoms with van der Waals surface area (Å²) in [6, 6.07) is 9.88. The number of amides is 1. The van der Waals surface area contributed by atoms with Crippen molar-refractivity contribution in [2.45, 2.75) is 6.54 Å². The first-order chi connectivity index (χ1) is 12.1. The van der Waals surface area contributed by atoms with E-state index in [2.05, 4.69) is 20.6 Å². The molecule has 0 saturated carbocycles. The summed E-state index contributed by atoms with van der Waals surface area (Å²) in [6.45, 7) is 0.341. The molecular weight excluding hydrogens is 326 g/mol. The Bertz CT molecular complexity index is 887. The molecule has 0 atom stereocenters. The third-order valence-electron chi connectivity index (χ3n) is 3.41. The molecule has 3 aromatic rings. The molecule has 0 fully saturated rings. The Morgan fingerprint density at radius 2 is 1.80 bits per heavy atom. The molecule has 0 bridgehead atoms. The van der Waals surface area contributed by atoms with Gasteiger partial charge in [-0.25, -0.2) is 8.78 Å². The summed E-state index contributed by atoms with van der Waals surface area (Å²) in [6.07, 6.45) is 4.72. The second-order valence-electron chi connectivity index (χ2n) is 5.22. The number of benzene rings is 1. The molecule has 126 valence electrons. The van der Waals surface area contributed by atoms with Crippen LogP contribution < -0.4 is 10.6 Å². The van der Waals surface area contributed by atoms with E-state index in [1.54, 1.807) is 30.6 Å². The Balaban J connectivity index is 1.69. The zero-order valence-electron chi connectivity index (χ0n) is 13.0. The van der Waals surface area contributed by atoms with Crippen LogP contribution in [0.4, 0.5) is 20.2 Å². The van der Waals surface area contributed by atoms with E-state index in [9.17, 15) is 13.6 Å². The Morgan fingerprint density at radius 3 is 2.56 bits per heavy atom. The predicted molar refractivity (Wildman–Crippen MR) is 89.3 cm³/mol. The molecule has 2 N–H and O–H groups in total. The molecule has 0 radical (unpaired) electrons. The van der Waals surface area contributed by atoms with E-state index in [1.165, 1.54) is 18.3 Å². The van der Waals surface area contributed by atoms with Crippen molar-refractivity contribution in [2.75, 3.05) is 5.32 Å². The molecule has 0 aliphatic rings. The predicted octanol–water partition coefficient (Wildman–Crippen LogP) is 3.43. The molecule has 0 aliphatic carbocycles.